The molecule has 0 radical (unpaired) electrons. The molecule has 0 bridgehead atoms. The minimum atomic E-state index is -0.229. The van der Waals surface area contributed by atoms with Gasteiger partial charge in [0.1, 0.15) is 12.3 Å². The summed E-state index contributed by atoms with van der Waals surface area (Å²) in [5.74, 6) is 0.453. The molecule has 0 heterocycles. The van der Waals surface area contributed by atoms with Crippen LogP contribution in [0.2, 0.25) is 0 Å². The highest BCUT2D eigenvalue weighted by atomic mass is 35.5. The van der Waals surface area contributed by atoms with Gasteiger partial charge in [0.15, 0.2) is 0 Å². The molecule has 0 aliphatic heterocycles. The van der Waals surface area contributed by atoms with E-state index in [1.807, 2.05) is 36.9 Å². The Bertz CT molecular complexity index is 483. The number of benzene rings is 1. The van der Waals surface area contributed by atoms with E-state index in [1.54, 1.807) is 0 Å². The maximum atomic E-state index is 11.7. The predicted octanol–water partition coefficient (Wildman–Crippen LogP) is 4.04. The van der Waals surface area contributed by atoms with Gasteiger partial charge < -0.3 is 20.1 Å². The lowest BCUT2D eigenvalue weighted by Gasteiger charge is -2.23. The molecule has 0 saturated heterocycles. The van der Waals surface area contributed by atoms with Crippen LogP contribution >= 0.6 is 12.4 Å². The second-order valence-corrected chi connectivity index (χ2v) is 5.45. The van der Waals surface area contributed by atoms with Gasteiger partial charge >= 0.3 is 5.97 Å². The molecule has 0 amide bonds. The third-order valence-corrected chi connectivity index (χ3v) is 3.62. The third-order valence-electron chi connectivity index (χ3n) is 3.62. The van der Waals surface area contributed by atoms with Crippen molar-refractivity contribution in [3.05, 3.63) is 18.2 Å². The highest BCUT2D eigenvalue weighted by Gasteiger charge is 2.12. The van der Waals surface area contributed by atoms with Crippen LogP contribution in [0.25, 0.3) is 0 Å². The molecule has 0 fully saturated rings. The zero-order valence-corrected chi connectivity index (χ0v) is 15.9. The fraction of sp³-hybridized carbons (Fsp3) is 0.611. The van der Waals surface area contributed by atoms with Gasteiger partial charge in [-0.2, -0.15) is 0 Å². The van der Waals surface area contributed by atoms with Gasteiger partial charge in [-0.05, 0) is 32.4 Å². The molecule has 6 heteroatoms. The predicted molar refractivity (Wildman–Crippen MR) is 102 cm³/mol. The average molecular weight is 359 g/mol. The van der Waals surface area contributed by atoms with Crippen molar-refractivity contribution in [1.29, 1.82) is 0 Å². The number of hydrogen-bond acceptors (Lipinski definition) is 5. The number of esters is 1. The van der Waals surface area contributed by atoms with Gasteiger partial charge in [-0.25, -0.2) is 0 Å². The maximum absolute atomic E-state index is 11.7. The number of unbranched alkanes of at least 4 members (excludes halogenated alkanes) is 3. The number of hydrogen-bond donors (Lipinski definition) is 1. The summed E-state index contributed by atoms with van der Waals surface area (Å²) < 4.78 is 10.8. The van der Waals surface area contributed by atoms with E-state index in [1.165, 1.54) is 19.3 Å². The van der Waals surface area contributed by atoms with E-state index >= 15 is 0 Å². The second-order valence-electron chi connectivity index (χ2n) is 5.45. The number of likely N-dealkylation sites (N-methyl/N-ethyl adjacent to an activating group) is 1. The lowest BCUT2D eigenvalue weighted by atomic mass is 10.2. The van der Waals surface area contributed by atoms with E-state index in [-0.39, 0.29) is 24.9 Å². The molecular weight excluding hydrogens is 328 g/mol. The normalized spacial score (nSPS) is 9.96. The van der Waals surface area contributed by atoms with Crippen LogP contribution in [0.5, 0.6) is 5.75 Å². The number of halogens is 1. The molecule has 0 spiro atoms. The highest BCUT2D eigenvalue weighted by molar-refractivity contribution is 5.85. The molecule has 0 atom stereocenters. The van der Waals surface area contributed by atoms with Crippen molar-refractivity contribution in [2.24, 2.45) is 0 Å². The first-order chi connectivity index (χ1) is 11.1. The van der Waals surface area contributed by atoms with Gasteiger partial charge in [0.05, 0.1) is 18.9 Å². The Morgan fingerprint density at radius 1 is 1.17 bits per heavy atom. The van der Waals surface area contributed by atoms with Gasteiger partial charge in [0, 0.05) is 18.3 Å². The van der Waals surface area contributed by atoms with Crippen molar-refractivity contribution in [3.63, 3.8) is 0 Å². The monoisotopic (exact) mass is 358 g/mol. The SMILES string of the molecule is CCCCCCOc1cc(N(CC)CC(=O)OCC)ccc1N.Cl. The fourth-order valence-corrected chi connectivity index (χ4v) is 2.30. The van der Waals surface area contributed by atoms with Crippen LogP contribution in [0.1, 0.15) is 46.5 Å². The fourth-order valence-electron chi connectivity index (χ4n) is 2.30. The molecule has 0 unspecified atom stereocenters. The average Bonchev–Trinajstić information content (AvgIpc) is 2.54. The van der Waals surface area contributed by atoms with Crippen molar-refractivity contribution >= 4 is 29.8 Å². The molecule has 1 aromatic carbocycles. The molecule has 0 aliphatic carbocycles. The third kappa shape index (κ3) is 7.77. The van der Waals surface area contributed by atoms with Gasteiger partial charge in [0.25, 0.3) is 0 Å². The van der Waals surface area contributed by atoms with Crippen molar-refractivity contribution in [2.45, 2.75) is 46.5 Å². The van der Waals surface area contributed by atoms with Gasteiger partial charge in [-0.1, -0.05) is 26.2 Å². The van der Waals surface area contributed by atoms with Crippen molar-refractivity contribution in [3.8, 4) is 5.75 Å². The minimum Gasteiger partial charge on any atom is -0.491 e. The van der Waals surface area contributed by atoms with Crippen LogP contribution in [-0.4, -0.2) is 32.3 Å². The Morgan fingerprint density at radius 3 is 2.54 bits per heavy atom. The van der Waals surface area contributed by atoms with Crippen molar-refractivity contribution in [2.75, 3.05) is 36.9 Å². The Hall–Kier alpha value is -1.62. The number of rotatable bonds is 11. The minimum absolute atomic E-state index is 0. The molecule has 2 N–H and O–H groups in total. The molecular formula is C18H31ClN2O3. The van der Waals surface area contributed by atoms with Crippen molar-refractivity contribution < 1.29 is 14.3 Å². The van der Waals surface area contributed by atoms with Crippen LogP contribution in [0.3, 0.4) is 0 Å². The van der Waals surface area contributed by atoms with E-state index in [4.69, 9.17) is 15.2 Å². The van der Waals surface area contributed by atoms with Crippen LogP contribution in [0.15, 0.2) is 18.2 Å². The zero-order chi connectivity index (χ0) is 17.1. The standard InChI is InChI=1S/C18H30N2O3.ClH/c1-4-7-8-9-12-23-17-13-15(10-11-16(17)19)20(5-2)14-18(21)22-6-3;/h10-11,13H,4-9,12,14,19H2,1-3H3;1H. The van der Waals surface area contributed by atoms with Gasteiger partial charge in [0.2, 0.25) is 0 Å². The summed E-state index contributed by atoms with van der Waals surface area (Å²) in [5.41, 5.74) is 7.52. The highest BCUT2D eigenvalue weighted by Crippen LogP contribution is 2.28. The Kier molecular flexibility index (Phi) is 11.9. The van der Waals surface area contributed by atoms with Crippen LogP contribution < -0.4 is 15.4 Å². The lowest BCUT2D eigenvalue weighted by molar-refractivity contribution is -0.141. The Morgan fingerprint density at radius 2 is 1.92 bits per heavy atom. The first-order valence-electron chi connectivity index (χ1n) is 8.55. The largest absolute Gasteiger partial charge is 0.491 e. The molecule has 24 heavy (non-hydrogen) atoms. The number of anilines is 2. The van der Waals surface area contributed by atoms with Crippen molar-refractivity contribution in [1.82, 2.24) is 0 Å². The van der Waals surface area contributed by atoms with Crippen LogP contribution in [0, 0.1) is 0 Å². The molecule has 1 rings (SSSR count). The Labute approximate surface area is 151 Å². The number of nitrogens with zero attached hydrogens (tertiary/aromatic N) is 1. The first kappa shape index (κ1) is 22.4. The van der Waals surface area contributed by atoms with Gasteiger partial charge in [-0.15, -0.1) is 12.4 Å². The molecule has 1 aromatic rings. The summed E-state index contributed by atoms with van der Waals surface area (Å²) in [6, 6.07) is 5.63. The summed E-state index contributed by atoms with van der Waals surface area (Å²) in [4.78, 5) is 13.6. The number of nitrogen functional groups attached to an aromatic ring is 1. The first-order valence-corrected chi connectivity index (χ1v) is 8.55. The topological polar surface area (TPSA) is 64.8 Å². The van der Waals surface area contributed by atoms with Crippen LogP contribution in [0.4, 0.5) is 11.4 Å². The molecule has 138 valence electrons. The summed E-state index contributed by atoms with van der Waals surface area (Å²) in [5, 5.41) is 0. The quantitative estimate of drug-likeness (QED) is 0.367. The van der Waals surface area contributed by atoms with E-state index < -0.39 is 0 Å². The summed E-state index contributed by atoms with van der Waals surface area (Å²) >= 11 is 0. The number of nitrogens with two attached hydrogens (primary N) is 1. The molecule has 0 saturated carbocycles. The van der Waals surface area contributed by atoms with Gasteiger partial charge in [-0.3, -0.25) is 4.79 Å². The molecule has 5 nitrogen and oxygen atoms in total. The zero-order valence-electron chi connectivity index (χ0n) is 15.0. The summed E-state index contributed by atoms with van der Waals surface area (Å²) in [6.45, 7) is 7.98. The van der Waals surface area contributed by atoms with E-state index in [9.17, 15) is 4.79 Å². The Balaban J connectivity index is 0.00000529. The smallest absolute Gasteiger partial charge is 0.325 e. The maximum Gasteiger partial charge on any atom is 0.325 e. The number of carbonyl (C=O) groups is 1. The van der Waals surface area contributed by atoms with E-state index in [0.29, 0.717) is 31.2 Å². The number of ether oxygens (including phenoxy) is 2. The van der Waals surface area contributed by atoms with E-state index in [2.05, 4.69) is 6.92 Å². The second kappa shape index (κ2) is 12.8. The summed E-state index contributed by atoms with van der Waals surface area (Å²) in [7, 11) is 0. The summed E-state index contributed by atoms with van der Waals surface area (Å²) in [6.07, 6.45) is 4.62. The number of carbonyl (C=O) groups excluding carboxylic acids is 1. The van der Waals surface area contributed by atoms with E-state index in [0.717, 1.165) is 12.1 Å². The van der Waals surface area contributed by atoms with Crippen LogP contribution in [-0.2, 0) is 9.53 Å². The lowest BCUT2D eigenvalue weighted by Crippen LogP contribution is -2.30. The molecule has 0 aliphatic rings. The molecule has 0 aromatic heterocycles.